The summed E-state index contributed by atoms with van der Waals surface area (Å²) in [6.07, 6.45) is 2.86. The first kappa shape index (κ1) is 8.47. The monoisotopic (exact) mass is 168 g/mol. The topological polar surface area (TPSA) is 17.1 Å². The maximum atomic E-state index is 8.00. The van der Waals surface area contributed by atoms with Crippen molar-refractivity contribution < 1.29 is 4.79 Å². The molecule has 1 nitrogen and oxygen atoms in total. The number of carbonyl (C=O) groups excluding carboxylic acids is 1. The molecular weight excluding hydrogens is 156 g/mol. The predicted molar refractivity (Wildman–Crippen MR) is 48.2 cm³/mol. The van der Waals surface area contributed by atoms with Crippen LogP contribution in [0.3, 0.4) is 0 Å². The second-order valence-electron chi connectivity index (χ2n) is 2.78. The van der Waals surface area contributed by atoms with Crippen molar-refractivity contribution in [3.8, 4) is 0 Å². The Morgan fingerprint density at radius 1 is 1.45 bits per heavy atom. The van der Waals surface area contributed by atoms with Gasteiger partial charge in [-0.05, 0) is 47.6 Å². The lowest BCUT2D eigenvalue weighted by Gasteiger charge is -1.90. The van der Waals surface area contributed by atoms with Gasteiger partial charge in [0, 0.05) is 0 Å². The minimum atomic E-state index is 0.941. The molecule has 0 N–H and O–H groups in total. The smallest absolute Gasteiger partial charge is 0.106 e. The van der Waals surface area contributed by atoms with Gasteiger partial charge in [0.05, 0.1) is 0 Å². The molecule has 1 saturated carbocycles. The normalized spacial score (nSPS) is 15.4. The minimum Gasteiger partial charge on any atom is -0.307 e. The van der Waals surface area contributed by atoms with Gasteiger partial charge in [-0.15, -0.1) is 0 Å². The molecule has 0 atom stereocenters. The van der Waals surface area contributed by atoms with Crippen LogP contribution in [0, 0.1) is 6.92 Å². The van der Waals surface area contributed by atoms with Crippen LogP contribution in [-0.2, 0) is 4.79 Å². The van der Waals surface area contributed by atoms with Crippen molar-refractivity contribution in [1.82, 2.24) is 0 Å². The molecule has 2 heteroatoms. The van der Waals surface area contributed by atoms with E-state index < -0.39 is 0 Å². The molecule has 0 radical (unpaired) electrons. The van der Waals surface area contributed by atoms with Crippen molar-refractivity contribution >= 4 is 18.1 Å². The molecule has 1 heterocycles. The second-order valence-corrected chi connectivity index (χ2v) is 3.53. The number of hydrogen-bond donors (Lipinski definition) is 0. The Bertz CT molecular complexity index is 225. The Hall–Kier alpha value is -0.630. The zero-order valence-corrected chi connectivity index (χ0v) is 7.49. The van der Waals surface area contributed by atoms with Crippen molar-refractivity contribution in [3.63, 3.8) is 0 Å². The van der Waals surface area contributed by atoms with Gasteiger partial charge in [-0.25, -0.2) is 0 Å². The molecule has 0 aliphatic heterocycles. The molecule has 1 aliphatic carbocycles. The van der Waals surface area contributed by atoms with Crippen LogP contribution in [0.5, 0.6) is 0 Å². The molecule has 11 heavy (non-hydrogen) atoms. The minimum absolute atomic E-state index is 0.941. The number of aryl methyl sites for hydroxylation is 1. The highest BCUT2D eigenvalue weighted by atomic mass is 32.1. The van der Waals surface area contributed by atoms with Crippen LogP contribution < -0.4 is 0 Å². The molecule has 60 valence electrons. The fraction of sp³-hybridized carbons (Fsp3) is 0.444. The fourth-order valence-electron chi connectivity index (χ4n) is 1.18. The Kier molecular flexibility index (Phi) is 2.83. The van der Waals surface area contributed by atoms with Gasteiger partial charge in [0.1, 0.15) is 6.79 Å². The third-order valence-electron chi connectivity index (χ3n) is 1.91. The number of hydrogen-bond acceptors (Lipinski definition) is 2. The Morgan fingerprint density at radius 3 is 2.45 bits per heavy atom. The van der Waals surface area contributed by atoms with Gasteiger partial charge in [0.15, 0.2) is 0 Å². The zero-order chi connectivity index (χ0) is 8.27. The summed E-state index contributed by atoms with van der Waals surface area (Å²) in [6.45, 7) is 4.21. The summed E-state index contributed by atoms with van der Waals surface area (Å²) in [5, 5.41) is 4.54. The van der Waals surface area contributed by atoms with E-state index in [4.69, 9.17) is 4.79 Å². The first-order valence-electron chi connectivity index (χ1n) is 3.69. The van der Waals surface area contributed by atoms with Crippen molar-refractivity contribution in [2.24, 2.45) is 0 Å². The van der Waals surface area contributed by atoms with Gasteiger partial charge in [0.25, 0.3) is 0 Å². The first-order chi connectivity index (χ1) is 5.38. The largest absolute Gasteiger partial charge is 0.307 e. The van der Waals surface area contributed by atoms with Crippen LogP contribution in [0.1, 0.15) is 29.9 Å². The van der Waals surface area contributed by atoms with Crippen LogP contribution >= 0.6 is 11.3 Å². The summed E-state index contributed by atoms with van der Waals surface area (Å²) in [4.78, 5) is 8.00. The lowest BCUT2D eigenvalue weighted by Crippen LogP contribution is -1.74. The van der Waals surface area contributed by atoms with Crippen LogP contribution in [0.4, 0.5) is 0 Å². The van der Waals surface area contributed by atoms with Gasteiger partial charge in [0.2, 0.25) is 0 Å². The van der Waals surface area contributed by atoms with E-state index in [9.17, 15) is 0 Å². The van der Waals surface area contributed by atoms with Gasteiger partial charge in [-0.2, -0.15) is 11.3 Å². The second kappa shape index (κ2) is 3.67. The highest BCUT2D eigenvalue weighted by molar-refractivity contribution is 7.08. The van der Waals surface area contributed by atoms with E-state index in [-0.39, 0.29) is 0 Å². The fourth-order valence-corrected chi connectivity index (χ4v) is 2.12. The summed E-state index contributed by atoms with van der Waals surface area (Å²) in [6, 6.07) is 0. The molecule has 1 aromatic heterocycles. The van der Waals surface area contributed by atoms with Crippen molar-refractivity contribution in [1.29, 1.82) is 0 Å². The average Bonchev–Trinajstić information content (AvgIpc) is 2.80. The molecular formula is C9H12OS. The van der Waals surface area contributed by atoms with E-state index in [1.165, 1.54) is 18.4 Å². The third kappa shape index (κ3) is 1.90. The van der Waals surface area contributed by atoms with Crippen LogP contribution in [-0.4, -0.2) is 6.79 Å². The van der Waals surface area contributed by atoms with E-state index in [0.29, 0.717) is 0 Å². The number of thiophene rings is 1. The highest BCUT2D eigenvalue weighted by Crippen LogP contribution is 2.42. The maximum absolute atomic E-state index is 8.00. The molecule has 1 aliphatic rings. The van der Waals surface area contributed by atoms with Crippen molar-refractivity contribution in [2.75, 3.05) is 0 Å². The highest BCUT2D eigenvalue weighted by Gasteiger charge is 2.24. The Morgan fingerprint density at radius 2 is 2.09 bits per heavy atom. The molecule has 0 amide bonds. The van der Waals surface area contributed by atoms with E-state index >= 15 is 0 Å². The number of carbonyl (C=O) groups is 1. The van der Waals surface area contributed by atoms with Gasteiger partial charge in [-0.1, -0.05) is 0 Å². The van der Waals surface area contributed by atoms with E-state index in [1.54, 1.807) is 5.56 Å². The molecule has 0 spiro atoms. The summed E-state index contributed by atoms with van der Waals surface area (Å²) in [7, 11) is 0. The zero-order valence-electron chi connectivity index (χ0n) is 6.67. The predicted octanol–water partition coefficient (Wildman–Crippen LogP) is 2.75. The van der Waals surface area contributed by atoms with Gasteiger partial charge < -0.3 is 4.79 Å². The standard InChI is InChI=1S/C8H10S.CH2O/c1-6-4-9-5-8(6)7-2-3-7;1-2/h4-5,7H,2-3H2,1H3;1H2. The average molecular weight is 168 g/mol. The van der Waals surface area contributed by atoms with Crippen LogP contribution in [0.2, 0.25) is 0 Å². The van der Waals surface area contributed by atoms with E-state index in [0.717, 1.165) is 5.92 Å². The van der Waals surface area contributed by atoms with Crippen LogP contribution in [0.25, 0.3) is 0 Å². The lowest BCUT2D eigenvalue weighted by molar-refractivity contribution is -0.0979. The molecule has 0 aromatic carbocycles. The molecule has 0 bridgehead atoms. The summed E-state index contributed by atoms with van der Waals surface area (Å²) in [5.74, 6) is 0.941. The maximum Gasteiger partial charge on any atom is 0.106 e. The Labute approximate surface area is 71.1 Å². The lowest BCUT2D eigenvalue weighted by atomic mass is 10.1. The SMILES string of the molecule is C=O.Cc1cscc1C1CC1. The van der Waals surface area contributed by atoms with Crippen LogP contribution in [0.15, 0.2) is 10.8 Å². The molecule has 1 aromatic rings. The summed E-state index contributed by atoms with van der Waals surface area (Å²) in [5.41, 5.74) is 3.11. The van der Waals surface area contributed by atoms with Gasteiger partial charge in [-0.3, -0.25) is 0 Å². The molecule has 1 fully saturated rings. The molecule has 0 unspecified atom stereocenters. The van der Waals surface area contributed by atoms with Crippen molar-refractivity contribution in [3.05, 3.63) is 21.9 Å². The Balaban J connectivity index is 0.000000281. The number of rotatable bonds is 1. The van der Waals surface area contributed by atoms with Gasteiger partial charge >= 0.3 is 0 Å². The summed E-state index contributed by atoms with van der Waals surface area (Å²) >= 11 is 1.83. The van der Waals surface area contributed by atoms with E-state index in [1.807, 2.05) is 18.1 Å². The molecule has 2 rings (SSSR count). The van der Waals surface area contributed by atoms with E-state index in [2.05, 4.69) is 17.7 Å². The van der Waals surface area contributed by atoms with Crippen molar-refractivity contribution in [2.45, 2.75) is 25.7 Å². The quantitative estimate of drug-likeness (QED) is 0.630. The summed E-state index contributed by atoms with van der Waals surface area (Å²) < 4.78 is 0. The molecule has 0 saturated heterocycles. The third-order valence-corrected chi connectivity index (χ3v) is 2.79. The first-order valence-corrected chi connectivity index (χ1v) is 4.64.